The van der Waals surface area contributed by atoms with Crippen LogP contribution in [0.3, 0.4) is 0 Å². The fourth-order valence-electron chi connectivity index (χ4n) is 1.79. The summed E-state index contributed by atoms with van der Waals surface area (Å²) in [5, 5.41) is 5.22. The van der Waals surface area contributed by atoms with E-state index in [1.807, 2.05) is 0 Å². The molecular weight excluding hydrogens is 294 g/mol. The summed E-state index contributed by atoms with van der Waals surface area (Å²) < 4.78 is 28.3. The van der Waals surface area contributed by atoms with E-state index in [2.05, 4.69) is 0 Å². The predicted octanol–water partition coefficient (Wildman–Crippen LogP) is 0.118. The molecule has 0 aliphatic heterocycles. The van der Waals surface area contributed by atoms with Gasteiger partial charge in [-0.3, -0.25) is 4.79 Å². The summed E-state index contributed by atoms with van der Waals surface area (Å²) in [5.74, 6) is -0.290. The average Bonchev–Trinajstić information content (AvgIpc) is 2.42. The number of primary sulfonamides is 1. The van der Waals surface area contributed by atoms with Crippen LogP contribution in [0, 0.1) is 0 Å². The van der Waals surface area contributed by atoms with Crippen molar-refractivity contribution < 1.29 is 17.9 Å². The van der Waals surface area contributed by atoms with Gasteiger partial charge in [0.2, 0.25) is 10.0 Å². The van der Waals surface area contributed by atoms with Crippen molar-refractivity contribution in [2.24, 2.45) is 5.14 Å². The third-order valence-corrected chi connectivity index (χ3v) is 3.91. The van der Waals surface area contributed by atoms with Crippen LogP contribution in [0.1, 0.15) is 10.4 Å². The number of benzene rings is 1. The van der Waals surface area contributed by atoms with Crippen molar-refractivity contribution in [1.29, 1.82) is 0 Å². The zero-order valence-electron chi connectivity index (χ0n) is 12.7. The highest BCUT2D eigenvalue weighted by atomic mass is 32.2. The molecular formula is C13H21N3O4S. The molecule has 1 amide bonds. The summed E-state index contributed by atoms with van der Waals surface area (Å²) in [5.41, 5.74) is 0.705. The van der Waals surface area contributed by atoms with Gasteiger partial charge < -0.3 is 14.5 Å². The van der Waals surface area contributed by atoms with Crippen LogP contribution in [0.2, 0.25) is 0 Å². The summed E-state index contributed by atoms with van der Waals surface area (Å²) in [7, 11) is 2.66. The minimum atomic E-state index is -3.91. The number of amides is 1. The van der Waals surface area contributed by atoms with E-state index in [4.69, 9.17) is 9.88 Å². The third-order valence-electron chi connectivity index (χ3n) is 2.97. The van der Waals surface area contributed by atoms with Crippen LogP contribution < -0.4 is 10.0 Å². The van der Waals surface area contributed by atoms with Crippen LogP contribution in [0.4, 0.5) is 5.69 Å². The second-order valence-electron chi connectivity index (χ2n) is 4.84. The van der Waals surface area contributed by atoms with Crippen molar-refractivity contribution in [1.82, 2.24) is 4.90 Å². The van der Waals surface area contributed by atoms with Crippen LogP contribution in [0.5, 0.6) is 0 Å². The number of nitrogens with zero attached hydrogens (tertiary/aromatic N) is 2. The molecule has 0 bridgehead atoms. The predicted molar refractivity (Wildman–Crippen MR) is 81.0 cm³/mol. The molecule has 118 valence electrons. The zero-order valence-corrected chi connectivity index (χ0v) is 13.5. The summed E-state index contributed by atoms with van der Waals surface area (Å²) in [6.07, 6.45) is 0. The Kier molecular flexibility index (Phi) is 5.70. The van der Waals surface area contributed by atoms with Crippen LogP contribution in [-0.2, 0) is 14.8 Å². The van der Waals surface area contributed by atoms with E-state index in [9.17, 15) is 13.2 Å². The van der Waals surface area contributed by atoms with E-state index in [-0.39, 0.29) is 16.4 Å². The number of carbonyl (C=O) groups is 1. The Balaban J connectivity index is 3.20. The molecule has 0 heterocycles. The van der Waals surface area contributed by atoms with Crippen molar-refractivity contribution in [3.8, 4) is 0 Å². The van der Waals surface area contributed by atoms with Crippen molar-refractivity contribution in [2.45, 2.75) is 4.90 Å². The quantitative estimate of drug-likeness (QED) is 0.805. The zero-order chi connectivity index (χ0) is 16.2. The minimum absolute atomic E-state index is 0.0708. The molecule has 0 aliphatic carbocycles. The fraction of sp³-hybridized carbons (Fsp3) is 0.462. The number of nitrogens with two attached hydrogens (primary N) is 1. The Labute approximate surface area is 125 Å². The summed E-state index contributed by atoms with van der Waals surface area (Å²) in [6.45, 7) is 0.815. The lowest BCUT2D eigenvalue weighted by Gasteiger charge is -2.20. The number of likely N-dealkylation sites (N-methyl/N-ethyl adjacent to an activating group) is 1. The number of ether oxygens (including phenoxy) is 1. The van der Waals surface area contributed by atoms with E-state index < -0.39 is 10.0 Å². The first-order chi connectivity index (χ1) is 9.68. The van der Waals surface area contributed by atoms with E-state index in [1.165, 1.54) is 11.0 Å². The molecule has 0 aromatic heterocycles. The molecule has 0 radical (unpaired) electrons. The maximum Gasteiger partial charge on any atom is 0.253 e. The maximum atomic E-state index is 12.2. The highest BCUT2D eigenvalue weighted by Gasteiger charge is 2.20. The van der Waals surface area contributed by atoms with Crippen LogP contribution >= 0.6 is 0 Å². The third kappa shape index (κ3) is 4.42. The van der Waals surface area contributed by atoms with E-state index in [1.54, 1.807) is 45.3 Å². The number of rotatable bonds is 6. The number of carbonyl (C=O) groups excluding carboxylic acids is 1. The highest BCUT2D eigenvalue weighted by Crippen LogP contribution is 2.24. The van der Waals surface area contributed by atoms with Crippen molar-refractivity contribution >= 4 is 21.6 Å². The van der Waals surface area contributed by atoms with Gasteiger partial charge in [0.05, 0.1) is 12.3 Å². The molecule has 1 aromatic rings. The first-order valence-corrected chi connectivity index (χ1v) is 7.81. The molecule has 0 saturated carbocycles. The number of hydrogen-bond donors (Lipinski definition) is 1. The topological polar surface area (TPSA) is 92.9 Å². The van der Waals surface area contributed by atoms with Crippen molar-refractivity contribution in [2.75, 3.05) is 46.3 Å². The first-order valence-electron chi connectivity index (χ1n) is 6.27. The molecule has 2 N–H and O–H groups in total. The minimum Gasteiger partial charge on any atom is -0.383 e. The van der Waals surface area contributed by atoms with Gasteiger partial charge in [0.15, 0.2) is 0 Å². The number of anilines is 1. The molecule has 1 rings (SSSR count). The molecule has 0 saturated heterocycles. The number of methoxy groups -OCH3 is 1. The van der Waals surface area contributed by atoms with E-state index in [0.29, 0.717) is 18.8 Å². The Morgan fingerprint density at radius 2 is 1.90 bits per heavy atom. The second-order valence-corrected chi connectivity index (χ2v) is 6.37. The van der Waals surface area contributed by atoms with Gasteiger partial charge in [0.1, 0.15) is 4.90 Å². The van der Waals surface area contributed by atoms with Crippen LogP contribution in [0.25, 0.3) is 0 Å². The number of hydrogen-bond acceptors (Lipinski definition) is 5. The van der Waals surface area contributed by atoms with Gasteiger partial charge in [0.25, 0.3) is 5.91 Å². The van der Waals surface area contributed by atoms with Crippen LogP contribution in [0.15, 0.2) is 23.1 Å². The lowest BCUT2D eigenvalue weighted by Crippen LogP contribution is -2.30. The lowest BCUT2D eigenvalue weighted by atomic mass is 10.1. The van der Waals surface area contributed by atoms with Crippen LogP contribution in [-0.4, -0.2) is 60.6 Å². The molecule has 0 unspecified atom stereocenters. The molecule has 0 aliphatic rings. The Morgan fingerprint density at radius 3 is 2.38 bits per heavy atom. The van der Waals surface area contributed by atoms with Gasteiger partial charge in [-0.2, -0.15) is 0 Å². The summed E-state index contributed by atoms with van der Waals surface area (Å²) in [4.78, 5) is 15.2. The SMILES string of the molecule is COCCN(C)C(=O)c1ccc(N(C)C)c(S(N)(=O)=O)c1. The van der Waals surface area contributed by atoms with Gasteiger partial charge in [-0.15, -0.1) is 0 Å². The number of sulfonamides is 1. The van der Waals surface area contributed by atoms with E-state index in [0.717, 1.165) is 0 Å². The molecule has 21 heavy (non-hydrogen) atoms. The van der Waals surface area contributed by atoms with Crippen molar-refractivity contribution in [3.05, 3.63) is 23.8 Å². The average molecular weight is 315 g/mol. The van der Waals surface area contributed by atoms with Gasteiger partial charge in [-0.25, -0.2) is 13.6 Å². The maximum absolute atomic E-state index is 12.2. The van der Waals surface area contributed by atoms with Gasteiger partial charge in [-0.1, -0.05) is 0 Å². The first kappa shape index (κ1) is 17.4. The molecule has 8 heteroatoms. The second kappa shape index (κ2) is 6.88. The smallest absolute Gasteiger partial charge is 0.253 e. The lowest BCUT2D eigenvalue weighted by molar-refractivity contribution is 0.0744. The Bertz CT molecular complexity index is 614. The highest BCUT2D eigenvalue weighted by molar-refractivity contribution is 7.89. The molecule has 0 fully saturated rings. The van der Waals surface area contributed by atoms with Crippen molar-refractivity contribution in [3.63, 3.8) is 0 Å². The Morgan fingerprint density at radius 1 is 1.29 bits per heavy atom. The van der Waals surface area contributed by atoms with E-state index >= 15 is 0 Å². The molecule has 0 atom stereocenters. The normalized spacial score (nSPS) is 11.3. The van der Waals surface area contributed by atoms with Gasteiger partial charge in [0, 0.05) is 40.4 Å². The standard InChI is InChI=1S/C13H21N3O4S/c1-15(2)11-6-5-10(9-12(11)21(14,18)19)13(17)16(3)7-8-20-4/h5-6,9H,7-8H2,1-4H3,(H2,14,18,19). The Hall–Kier alpha value is -1.64. The van der Waals surface area contributed by atoms with Gasteiger partial charge >= 0.3 is 0 Å². The monoisotopic (exact) mass is 315 g/mol. The summed E-state index contributed by atoms with van der Waals surface area (Å²) >= 11 is 0. The molecule has 0 spiro atoms. The summed E-state index contributed by atoms with van der Waals surface area (Å²) in [6, 6.07) is 4.45. The molecule has 1 aromatic carbocycles. The largest absolute Gasteiger partial charge is 0.383 e. The fourth-order valence-corrected chi connectivity index (χ4v) is 2.63. The molecule has 7 nitrogen and oxygen atoms in total. The van der Waals surface area contributed by atoms with Gasteiger partial charge in [-0.05, 0) is 18.2 Å².